The summed E-state index contributed by atoms with van der Waals surface area (Å²) in [6.07, 6.45) is 1.76. The first kappa shape index (κ1) is 11.0. The van der Waals surface area contributed by atoms with Gasteiger partial charge in [0.15, 0.2) is 0 Å². The largest absolute Gasteiger partial charge is 0.373 e. The van der Waals surface area contributed by atoms with Crippen LogP contribution in [0.5, 0.6) is 0 Å². The van der Waals surface area contributed by atoms with Crippen LogP contribution in [0.3, 0.4) is 0 Å². The number of rotatable bonds is 6. The topological polar surface area (TPSA) is 21.3 Å². The Morgan fingerprint density at radius 2 is 2.21 bits per heavy atom. The van der Waals surface area contributed by atoms with Gasteiger partial charge in [0.2, 0.25) is 0 Å². The summed E-state index contributed by atoms with van der Waals surface area (Å²) in [6.45, 7) is 5.77. The van der Waals surface area contributed by atoms with Crippen molar-refractivity contribution in [2.45, 2.75) is 13.2 Å². The third-order valence-corrected chi connectivity index (χ3v) is 1.88. The lowest BCUT2D eigenvalue weighted by Crippen LogP contribution is -2.05. The van der Waals surface area contributed by atoms with Crippen molar-refractivity contribution < 1.29 is 4.74 Å². The fourth-order valence-electron chi connectivity index (χ4n) is 1.29. The van der Waals surface area contributed by atoms with E-state index in [0.29, 0.717) is 13.2 Å². The molecule has 14 heavy (non-hydrogen) atoms. The molecule has 0 unspecified atom stereocenters. The highest BCUT2D eigenvalue weighted by Crippen LogP contribution is 2.06. The second-order valence-electron chi connectivity index (χ2n) is 3.15. The molecular weight excluding hydrogens is 174 g/mol. The Morgan fingerprint density at radius 1 is 1.43 bits per heavy atom. The molecule has 1 rings (SSSR count). The Morgan fingerprint density at radius 3 is 2.93 bits per heavy atom. The van der Waals surface area contributed by atoms with E-state index in [9.17, 15) is 0 Å². The highest BCUT2D eigenvalue weighted by molar-refractivity contribution is 5.22. The number of benzene rings is 1. The lowest BCUT2D eigenvalue weighted by molar-refractivity contribution is 0.149. The SMILES string of the molecule is C=CCOCc1cccc(CNC)c1. The molecule has 0 aliphatic heterocycles. The van der Waals surface area contributed by atoms with Gasteiger partial charge in [-0.25, -0.2) is 0 Å². The van der Waals surface area contributed by atoms with Gasteiger partial charge in [-0.05, 0) is 18.2 Å². The van der Waals surface area contributed by atoms with Gasteiger partial charge in [0.05, 0.1) is 13.2 Å². The van der Waals surface area contributed by atoms with Crippen LogP contribution in [0.4, 0.5) is 0 Å². The van der Waals surface area contributed by atoms with Crippen LogP contribution in [0.15, 0.2) is 36.9 Å². The minimum absolute atomic E-state index is 0.607. The third-order valence-electron chi connectivity index (χ3n) is 1.88. The molecule has 1 aromatic carbocycles. The minimum Gasteiger partial charge on any atom is -0.373 e. The van der Waals surface area contributed by atoms with Crippen molar-refractivity contribution in [1.82, 2.24) is 5.32 Å². The van der Waals surface area contributed by atoms with Gasteiger partial charge >= 0.3 is 0 Å². The summed E-state index contributed by atoms with van der Waals surface area (Å²) in [6, 6.07) is 8.38. The van der Waals surface area contributed by atoms with Crippen LogP contribution in [-0.2, 0) is 17.9 Å². The fraction of sp³-hybridized carbons (Fsp3) is 0.333. The van der Waals surface area contributed by atoms with Crippen LogP contribution in [-0.4, -0.2) is 13.7 Å². The van der Waals surface area contributed by atoms with Gasteiger partial charge in [-0.2, -0.15) is 0 Å². The fourth-order valence-corrected chi connectivity index (χ4v) is 1.29. The Balaban J connectivity index is 2.50. The van der Waals surface area contributed by atoms with E-state index in [2.05, 4.69) is 36.2 Å². The van der Waals surface area contributed by atoms with Gasteiger partial charge in [-0.15, -0.1) is 6.58 Å². The third kappa shape index (κ3) is 3.73. The Bertz CT molecular complexity index is 283. The lowest BCUT2D eigenvalue weighted by Gasteiger charge is -2.04. The summed E-state index contributed by atoms with van der Waals surface area (Å²) in [5.74, 6) is 0. The van der Waals surface area contributed by atoms with Crippen molar-refractivity contribution in [1.29, 1.82) is 0 Å². The van der Waals surface area contributed by atoms with E-state index in [0.717, 1.165) is 6.54 Å². The molecule has 0 saturated carbocycles. The summed E-state index contributed by atoms with van der Waals surface area (Å²) in [4.78, 5) is 0. The van der Waals surface area contributed by atoms with Gasteiger partial charge in [-0.1, -0.05) is 30.3 Å². The monoisotopic (exact) mass is 191 g/mol. The van der Waals surface area contributed by atoms with E-state index in [1.807, 2.05) is 7.05 Å². The van der Waals surface area contributed by atoms with Crippen molar-refractivity contribution in [3.63, 3.8) is 0 Å². The smallest absolute Gasteiger partial charge is 0.0721 e. The lowest BCUT2D eigenvalue weighted by atomic mass is 10.1. The zero-order valence-corrected chi connectivity index (χ0v) is 8.62. The van der Waals surface area contributed by atoms with Crippen molar-refractivity contribution >= 4 is 0 Å². The highest BCUT2D eigenvalue weighted by atomic mass is 16.5. The molecule has 0 amide bonds. The molecule has 0 bridgehead atoms. The molecule has 2 nitrogen and oxygen atoms in total. The zero-order valence-electron chi connectivity index (χ0n) is 8.62. The molecule has 0 saturated heterocycles. The Hall–Kier alpha value is -1.12. The van der Waals surface area contributed by atoms with Crippen LogP contribution in [0.25, 0.3) is 0 Å². The van der Waals surface area contributed by atoms with E-state index in [1.54, 1.807) is 6.08 Å². The van der Waals surface area contributed by atoms with Crippen LogP contribution in [0, 0.1) is 0 Å². The van der Waals surface area contributed by atoms with E-state index < -0.39 is 0 Å². The molecule has 0 fully saturated rings. The first-order valence-corrected chi connectivity index (χ1v) is 4.78. The summed E-state index contributed by atoms with van der Waals surface area (Å²) in [5.41, 5.74) is 2.49. The Kier molecular flexibility index (Phi) is 4.97. The van der Waals surface area contributed by atoms with E-state index in [-0.39, 0.29) is 0 Å². The van der Waals surface area contributed by atoms with Crippen molar-refractivity contribution in [3.8, 4) is 0 Å². The average Bonchev–Trinajstić information content (AvgIpc) is 2.19. The number of ether oxygens (including phenoxy) is 1. The zero-order chi connectivity index (χ0) is 10.2. The molecule has 76 valence electrons. The Labute approximate surface area is 85.6 Å². The molecule has 0 heterocycles. The average molecular weight is 191 g/mol. The maximum Gasteiger partial charge on any atom is 0.0721 e. The molecule has 1 N–H and O–H groups in total. The molecule has 0 spiro atoms. The molecule has 0 radical (unpaired) electrons. The normalized spacial score (nSPS) is 10.1. The quantitative estimate of drug-likeness (QED) is 0.549. The summed E-state index contributed by atoms with van der Waals surface area (Å²) >= 11 is 0. The van der Waals surface area contributed by atoms with Gasteiger partial charge in [0.25, 0.3) is 0 Å². The van der Waals surface area contributed by atoms with Crippen LogP contribution in [0.1, 0.15) is 11.1 Å². The summed E-state index contributed by atoms with van der Waals surface area (Å²) < 4.78 is 5.36. The van der Waals surface area contributed by atoms with Crippen molar-refractivity contribution in [3.05, 3.63) is 48.0 Å². The molecule has 1 aromatic rings. The standard InChI is InChI=1S/C12H17NO/c1-3-7-14-10-12-6-4-5-11(8-12)9-13-2/h3-6,8,13H,1,7,9-10H2,2H3. The van der Waals surface area contributed by atoms with E-state index in [4.69, 9.17) is 4.74 Å². The molecule has 0 aliphatic carbocycles. The van der Waals surface area contributed by atoms with Gasteiger partial charge in [0.1, 0.15) is 0 Å². The maximum atomic E-state index is 5.36. The second-order valence-corrected chi connectivity index (χ2v) is 3.15. The van der Waals surface area contributed by atoms with Gasteiger partial charge in [-0.3, -0.25) is 0 Å². The molecular formula is C12H17NO. The summed E-state index contributed by atoms with van der Waals surface area (Å²) in [5, 5.41) is 3.12. The van der Waals surface area contributed by atoms with Crippen LogP contribution in [0.2, 0.25) is 0 Å². The first-order valence-electron chi connectivity index (χ1n) is 4.78. The number of hydrogen-bond acceptors (Lipinski definition) is 2. The van der Waals surface area contributed by atoms with E-state index >= 15 is 0 Å². The predicted octanol–water partition coefficient (Wildman–Crippen LogP) is 2.11. The first-order chi connectivity index (χ1) is 6.86. The predicted molar refractivity (Wildman–Crippen MR) is 59.1 cm³/mol. The minimum atomic E-state index is 0.607. The molecule has 2 heteroatoms. The molecule has 0 aromatic heterocycles. The van der Waals surface area contributed by atoms with Crippen molar-refractivity contribution in [2.24, 2.45) is 0 Å². The van der Waals surface area contributed by atoms with E-state index in [1.165, 1.54) is 11.1 Å². The second kappa shape index (κ2) is 6.35. The van der Waals surface area contributed by atoms with Crippen LogP contribution >= 0.6 is 0 Å². The maximum absolute atomic E-state index is 5.36. The number of nitrogens with one attached hydrogen (secondary N) is 1. The highest BCUT2D eigenvalue weighted by Gasteiger charge is 1.94. The van der Waals surface area contributed by atoms with Gasteiger partial charge in [0, 0.05) is 6.54 Å². The number of hydrogen-bond donors (Lipinski definition) is 1. The summed E-state index contributed by atoms with van der Waals surface area (Å²) in [7, 11) is 1.95. The molecule has 0 aliphatic rings. The van der Waals surface area contributed by atoms with Gasteiger partial charge < -0.3 is 10.1 Å². The molecule has 0 atom stereocenters. The van der Waals surface area contributed by atoms with Crippen LogP contribution < -0.4 is 5.32 Å². The van der Waals surface area contributed by atoms with Crippen molar-refractivity contribution in [2.75, 3.05) is 13.7 Å².